The quantitative estimate of drug-likeness (QED) is 0.821. The lowest BCUT2D eigenvalue weighted by Gasteiger charge is -2.30. The van der Waals surface area contributed by atoms with Gasteiger partial charge in [0.15, 0.2) is 0 Å². The fraction of sp³-hybridized carbons (Fsp3) is 0.533. The van der Waals surface area contributed by atoms with Gasteiger partial charge in [0.05, 0.1) is 5.02 Å². The summed E-state index contributed by atoms with van der Waals surface area (Å²) in [6.45, 7) is 4.13. The van der Waals surface area contributed by atoms with E-state index in [0.29, 0.717) is 12.3 Å². The first-order valence-corrected chi connectivity index (χ1v) is 8.40. The molecule has 1 aliphatic heterocycles. The summed E-state index contributed by atoms with van der Waals surface area (Å²) in [7, 11) is 0. The Morgan fingerprint density at radius 2 is 2.30 bits per heavy atom. The lowest BCUT2D eigenvalue weighted by atomic mass is 9.95. The zero-order chi connectivity index (χ0) is 14.4. The first kappa shape index (κ1) is 15.7. The molecule has 1 saturated heterocycles. The van der Waals surface area contributed by atoms with Crippen LogP contribution in [0.1, 0.15) is 19.8 Å². The van der Waals surface area contributed by atoms with Crippen LogP contribution in [0.3, 0.4) is 0 Å². The van der Waals surface area contributed by atoms with Gasteiger partial charge in [0.2, 0.25) is 5.91 Å². The normalized spacial score (nSPS) is 22.5. The van der Waals surface area contributed by atoms with Gasteiger partial charge >= 0.3 is 0 Å². The molecule has 1 amide bonds. The van der Waals surface area contributed by atoms with Crippen molar-refractivity contribution in [1.82, 2.24) is 10.6 Å². The SMILES string of the molecule is CC1CCNCC1NC(=O)CCSc1ccccc1Cl. The van der Waals surface area contributed by atoms with E-state index in [1.54, 1.807) is 11.8 Å². The van der Waals surface area contributed by atoms with Crippen molar-refractivity contribution in [3.8, 4) is 0 Å². The summed E-state index contributed by atoms with van der Waals surface area (Å²) in [4.78, 5) is 13.0. The summed E-state index contributed by atoms with van der Waals surface area (Å²) in [5, 5.41) is 7.20. The molecule has 5 heteroatoms. The van der Waals surface area contributed by atoms with Gasteiger partial charge in [-0.3, -0.25) is 4.79 Å². The van der Waals surface area contributed by atoms with Crippen LogP contribution >= 0.6 is 23.4 Å². The van der Waals surface area contributed by atoms with E-state index in [1.807, 2.05) is 24.3 Å². The minimum atomic E-state index is 0.130. The largest absolute Gasteiger partial charge is 0.352 e. The summed E-state index contributed by atoms with van der Waals surface area (Å²) in [5.41, 5.74) is 0. The van der Waals surface area contributed by atoms with Gasteiger partial charge in [0, 0.05) is 29.7 Å². The molecule has 110 valence electrons. The third kappa shape index (κ3) is 4.69. The number of carbonyl (C=O) groups excluding carboxylic acids is 1. The van der Waals surface area contributed by atoms with E-state index < -0.39 is 0 Å². The van der Waals surface area contributed by atoms with Gasteiger partial charge in [-0.25, -0.2) is 0 Å². The number of halogens is 1. The van der Waals surface area contributed by atoms with Crippen LogP contribution in [0.15, 0.2) is 29.2 Å². The van der Waals surface area contributed by atoms with Gasteiger partial charge in [-0.1, -0.05) is 30.7 Å². The van der Waals surface area contributed by atoms with Gasteiger partial charge in [-0.2, -0.15) is 0 Å². The molecule has 2 rings (SSSR count). The molecule has 1 fully saturated rings. The van der Waals surface area contributed by atoms with Crippen LogP contribution in [0.5, 0.6) is 0 Å². The molecule has 0 aromatic heterocycles. The Bertz CT molecular complexity index is 455. The second-order valence-electron chi connectivity index (χ2n) is 5.17. The number of hydrogen-bond acceptors (Lipinski definition) is 3. The van der Waals surface area contributed by atoms with Gasteiger partial charge in [-0.15, -0.1) is 11.8 Å². The van der Waals surface area contributed by atoms with E-state index in [-0.39, 0.29) is 11.9 Å². The van der Waals surface area contributed by atoms with Gasteiger partial charge in [0.1, 0.15) is 0 Å². The van der Waals surface area contributed by atoms with Crippen LogP contribution in [0.4, 0.5) is 0 Å². The Hall–Kier alpha value is -0.710. The summed E-state index contributed by atoms with van der Waals surface area (Å²) < 4.78 is 0. The molecule has 0 bridgehead atoms. The van der Waals surface area contributed by atoms with E-state index in [4.69, 9.17) is 11.6 Å². The molecule has 0 radical (unpaired) electrons. The van der Waals surface area contributed by atoms with Crippen molar-refractivity contribution in [2.45, 2.75) is 30.7 Å². The van der Waals surface area contributed by atoms with Crippen LogP contribution in [0, 0.1) is 5.92 Å². The van der Waals surface area contributed by atoms with Crippen molar-refractivity contribution in [1.29, 1.82) is 0 Å². The molecule has 0 aliphatic carbocycles. The zero-order valence-electron chi connectivity index (χ0n) is 11.7. The summed E-state index contributed by atoms with van der Waals surface area (Å²) in [6, 6.07) is 8.00. The standard InChI is InChI=1S/C15H21ClN2OS/c1-11-6-8-17-10-13(11)18-15(19)7-9-20-14-5-3-2-4-12(14)16/h2-5,11,13,17H,6-10H2,1H3,(H,18,19). The minimum Gasteiger partial charge on any atom is -0.352 e. The highest BCUT2D eigenvalue weighted by molar-refractivity contribution is 7.99. The molecule has 1 aromatic carbocycles. The van der Waals surface area contributed by atoms with Gasteiger partial charge in [-0.05, 0) is 31.0 Å². The maximum atomic E-state index is 11.9. The Kier molecular flexibility index (Phi) is 6.20. The van der Waals surface area contributed by atoms with E-state index >= 15 is 0 Å². The molecule has 3 nitrogen and oxygen atoms in total. The monoisotopic (exact) mass is 312 g/mol. The number of amides is 1. The molecule has 1 heterocycles. The molecular formula is C15H21ClN2OS. The van der Waals surface area contributed by atoms with Crippen LogP contribution in [-0.4, -0.2) is 30.8 Å². The molecule has 0 spiro atoms. The summed E-state index contributed by atoms with van der Waals surface area (Å²) >= 11 is 7.71. The maximum Gasteiger partial charge on any atom is 0.221 e. The topological polar surface area (TPSA) is 41.1 Å². The van der Waals surface area contributed by atoms with E-state index in [9.17, 15) is 4.79 Å². The summed E-state index contributed by atoms with van der Waals surface area (Å²) in [6.07, 6.45) is 1.65. The lowest BCUT2D eigenvalue weighted by Crippen LogP contribution is -2.50. The lowest BCUT2D eigenvalue weighted by molar-refractivity contribution is -0.121. The number of piperidine rings is 1. The number of thioether (sulfide) groups is 1. The highest BCUT2D eigenvalue weighted by Crippen LogP contribution is 2.26. The molecule has 1 aromatic rings. The van der Waals surface area contributed by atoms with Crippen molar-refractivity contribution >= 4 is 29.3 Å². The minimum absolute atomic E-state index is 0.130. The molecule has 20 heavy (non-hydrogen) atoms. The van der Waals surface area contributed by atoms with Crippen LogP contribution in [0.2, 0.25) is 5.02 Å². The highest BCUT2D eigenvalue weighted by atomic mass is 35.5. The van der Waals surface area contributed by atoms with Crippen molar-refractivity contribution < 1.29 is 4.79 Å². The molecule has 1 aliphatic rings. The number of rotatable bonds is 5. The highest BCUT2D eigenvalue weighted by Gasteiger charge is 2.22. The maximum absolute atomic E-state index is 11.9. The molecule has 2 unspecified atom stereocenters. The zero-order valence-corrected chi connectivity index (χ0v) is 13.3. The van der Waals surface area contributed by atoms with Crippen LogP contribution < -0.4 is 10.6 Å². The third-order valence-corrected chi connectivity index (χ3v) is 5.11. The first-order valence-electron chi connectivity index (χ1n) is 7.04. The average Bonchev–Trinajstić information content (AvgIpc) is 2.43. The number of benzene rings is 1. The average molecular weight is 313 g/mol. The van der Waals surface area contributed by atoms with Crippen LogP contribution in [-0.2, 0) is 4.79 Å². The molecule has 0 saturated carbocycles. The predicted molar refractivity (Wildman–Crippen MR) is 85.4 cm³/mol. The number of carbonyl (C=O) groups is 1. The van der Waals surface area contributed by atoms with Gasteiger partial charge < -0.3 is 10.6 Å². The van der Waals surface area contributed by atoms with Crippen molar-refractivity contribution in [3.05, 3.63) is 29.3 Å². The van der Waals surface area contributed by atoms with Gasteiger partial charge in [0.25, 0.3) is 0 Å². The van der Waals surface area contributed by atoms with Crippen LogP contribution in [0.25, 0.3) is 0 Å². The molecule has 2 atom stereocenters. The second kappa shape index (κ2) is 7.91. The van der Waals surface area contributed by atoms with E-state index in [1.165, 1.54) is 0 Å². The second-order valence-corrected chi connectivity index (χ2v) is 6.72. The fourth-order valence-electron chi connectivity index (χ4n) is 2.28. The summed E-state index contributed by atoms with van der Waals surface area (Å²) in [5.74, 6) is 1.44. The number of hydrogen-bond donors (Lipinski definition) is 2. The van der Waals surface area contributed by atoms with Crippen molar-refractivity contribution in [2.24, 2.45) is 5.92 Å². The molecular weight excluding hydrogens is 292 g/mol. The Morgan fingerprint density at radius 3 is 3.05 bits per heavy atom. The van der Waals surface area contributed by atoms with E-state index in [2.05, 4.69) is 17.6 Å². The van der Waals surface area contributed by atoms with Crippen molar-refractivity contribution in [3.63, 3.8) is 0 Å². The number of nitrogens with one attached hydrogen (secondary N) is 2. The Balaban J connectivity index is 1.71. The predicted octanol–water partition coefficient (Wildman–Crippen LogP) is 2.94. The fourth-order valence-corrected chi connectivity index (χ4v) is 3.46. The Labute approximate surface area is 129 Å². The molecule has 2 N–H and O–H groups in total. The smallest absolute Gasteiger partial charge is 0.221 e. The van der Waals surface area contributed by atoms with Crippen molar-refractivity contribution in [2.75, 3.05) is 18.8 Å². The Morgan fingerprint density at radius 1 is 1.50 bits per heavy atom. The first-order chi connectivity index (χ1) is 9.66. The third-order valence-electron chi connectivity index (χ3n) is 3.60. The van der Waals surface area contributed by atoms with E-state index in [0.717, 1.165) is 35.2 Å².